The number of halogens is 1. The summed E-state index contributed by atoms with van der Waals surface area (Å²) >= 11 is 0. The number of sulfonamides is 1. The van der Waals surface area contributed by atoms with E-state index in [2.05, 4.69) is 26.1 Å². The molecular formula is C22H29FN2O3S. The van der Waals surface area contributed by atoms with Gasteiger partial charge in [0.15, 0.2) is 0 Å². The lowest BCUT2D eigenvalue weighted by atomic mass is 9.86. The first-order valence-electron chi connectivity index (χ1n) is 9.47. The zero-order valence-electron chi connectivity index (χ0n) is 17.7. The van der Waals surface area contributed by atoms with Crippen molar-refractivity contribution in [2.75, 3.05) is 10.6 Å². The molecule has 0 aliphatic rings. The average Bonchev–Trinajstić information content (AvgIpc) is 2.61. The van der Waals surface area contributed by atoms with Gasteiger partial charge in [-0.1, -0.05) is 57.2 Å². The standard InChI is InChI=1S/C22H29FN2O3S/c1-15(17-11-13-18(14-12-17)22(3,4)5)24-21(26)16(2)25(29(6,27)28)20-10-8-7-9-19(20)23/h7-16H,1-6H3,(H,24,26)/t15-,16-/m0/s1. The third kappa shape index (κ3) is 5.56. The van der Waals surface area contributed by atoms with Crippen LogP contribution < -0.4 is 9.62 Å². The summed E-state index contributed by atoms with van der Waals surface area (Å²) in [4.78, 5) is 12.8. The van der Waals surface area contributed by atoms with Gasteiger partial charge in [0.05, 0.1) is 18.0 Å². The summed E-state index contributed by atoms with van der Waals surface area (Å²) in [5.74, 6) is -1.21. The number of amides is 1. The fraction of sp³-hybridized carbons (Fsp3) is 0.409. The molecule has 2 aromatic rings. The first-order valence-corrected chi connectivity index (χ1v) is 11.3. The molecule has 0 saturated carbocycles. The SMILES string of the molecule is C[C@H](NC(=O)[C@H](C)N(c1ccccc1F)S(C)(=O)=O)c1ccc(C(C)(C)C)cc1. The van der Waals surface area contributed by atoms with Gasteiger partial charge < -0.3 is 5.32 Å². The number of hydrogen-bond acceptors (Lipinski definition) is 3. The van der Waals surface area contributed by atoms with E-state index in [9.17, 15) is 17.6 Å². The largest absolute Gasteiger partial charge is 0.348 e. The monoisotopic (exact) mass is 420 g/mol. The van der Waals surface area contributed by atoms with Gasteiger partial charge in [0.2, 0.25) is 15.9 Å². The quantitative estimate of drug-likeness (QED) is 0.763. The van der Waals surface area contributed by atoms with E-state index in [-0.39, 0.29) is 17.1 Å². The number of carbonyl (C=O) groups is 1. The van der Waals surface area contributed by atoms with Crippen molar-refractivity contribution in [2.24, 2.45) is 0 Å². The van der Waals surface area contributed by atoms with Crippen LogP contribution in [0, 0.1) is 5.82 Å². The van der Waals surface area contributed by atoms with Crippen LogP contribution in [0.15, 0.2) is 48.5 Å². The summed E-state index contributed by atoms with van der Waals surface area (Å²) in [7, 11) is -3.87. The Morgan fingerprint density at radius 1 is 1.03 bits per heavy atom. The van der Waals surface area contributed by atoms with Crippen molar-refractivity contribution >= 4 is 21.6 Å². The van der Waals surface area contributed by atoms with E-state index in [1.807, 2.05) is 31.2 Å². The van der Waals surface area contributed by atoms with Gasteiger partial charge in [-0.2, -0.15) is 0 Å². The molecule has 158 valence electrons. The van der Waals surface area contributed by atoms with Crippen molar-refractivity contribution in [1.82, 2.24) is 5.32 Å². The van der Waals surface area contributed by atoms with Crippen molar-refractivity contribution in [3.8, 4) is 0 Å². The fourth-order valence-corrected chi connectivity index (χ4v) is 4.28. The van der Waals surface area contributed by atoms with Crippen molar-refractivity contribution in [3.05, 3.63) is 65.5 Å². The molecule has 0 spiro atoms. The van der Waals surface area contributed by atoms with E-state index in [4.69, 9.17) is 0 Å². The maximum absolute atomic E-state index is 14.2. The van der Waals surface area contributed by atoms with E-state index < -0.39 is 27.8 Å². The van der Waals surface area contributed by atoms with E-state index >= 15 is 0 Å². The summed E-state index contributed by atoms with van der Waals surface area (Å²) in [6.45, 7) is 9.63. The summed E-state index contributed by atoms with van der Waals surface area (Å²) in [6, 6.07) is 12.0. The Morgan fingerprint density at radius 3 is 2.07 bits per heavy atom. The number of para-hydroxylation sites is 1. The molecule has 1 N–H and O–H groups in total. The molecule has 0 fully saturated rings. The first kappa shape index (κ1) is 22.9. The summed E-state index contributed by atoms with van der Waals surface area (Å²) < 4.78 is 39.6. The molecule has 0 heterocycles. The van der Waals surface area contributed by atoms with Crippen LogP contribution in [0.25, 0.3) is 0 Å². The van der Waals surface area contributed by atoms with Gasteiger partial charge in [0, 0.05) is 0 Å². The molecule has 2 rings (SSSR count). The van der Waals surface area contributed by atoms with Crippen molar-refractivity contribution in [3.63, 3.8) is 0 Å². The van der Waals surface area contributed by atoms with Crippen LogP contribution in [-0.4, -0.2) is 26.6 Å². The van der Waals surface area contributed by atoms with Crippen molar-refractivity contribution in [1.29, 1.82) is 0 Å². The molecule has 5 nitrogen and oxygen atoms in total. The van der Waals surface area contributed by atoms with Crippen LogP contribution in [0.5, 0.6) is 0 Å². The highest BCUT2D eigenvalue weighted by Crippen LogP contribution is 2.26. The molecule has 1 amide bonds. The predicted octanol–water partition coefficient (Wildman–Crippen LogP) is 4.16. The van der Waals surface area contributed by atoms with Gasteiger partial charge >= 0.3 is 0 Å². The Kier molecular flexibility index (Phi) is 6.73. The summed E-state index contributed by atoms with van der Waals surface area (Å²) in [5, 5.41) is 2.83. The molecule has 0 bridgehead atoms. The smallest absolute Gasteiger partial charge is 0.244 e. The normalized spacial score (nSPS) is 14.2. The van der Waals surface area contributed by atoms with Gasteiger partial charge in [-0.3, -0.25) is 9.10 Å². The average molecular weight is 421 g/mol. The molecule has 0 aliphatic heterocycles. The Morgan fingerprint density at radius 2 is 1.59 bits per heavy atom. The third-order valence-corrected chi connectivity index (χ3v) is 6.04. The van der Waals surface area contributed by atoms with Gasteiger partial charge in [0.25, 0.3) is 0 Å². The number of anilines is 1. The van der Waals surface area contributed by atoms with Crippen LogP contribution in [0.2, 0.25) is 0 Å². The summed E-state index contributed by atoms with van der Waals surface area (Å²) in [5.41, 5.74) is 1.95. The number of nitrogens with zero attached hydrogens (tertiary/aromatic N) is 1. The minimum absolute atomic E-state index is 0.0231. The minimum atomic E-state index is -3.87. The lowest BCUT2D eigenvalue weighted by molar-refractivity contribution is -0.122. The zero-order valence-corrected chi connectivity index (χ0v) is 18.5. The van der Waals surface area contributed by atoms with E-state index in [0.717, 1.165) is 22.2 Å². The fourth-order valence-electron chi connectivity index (χ4n) is 3.10. The topological polar surface area (TPSA) is 66.5 Å². The van der Waals surface area contributed by atoms with Gasteiger partial charge in [0.1, 0.15) is 11.9 Å². The molecule has 0 radical (unpaired) electrons. The number of nitrogens with one attached hydrogen (secondary N) is 1. The second-order valence-corrected chi connectivity index (χ2v) is 10.1. The molecule has 2 aromatic carbocycles. The highest BCUT2D eigenvalue weighted by atomic mass is 32.2. The van der Waals surface area contributed by atoms with Crippen LogP contribution >= 0.6 is 0 Å². The Balaban J connectivity index is 2.22. The molecule has 7 heteroatoms. The van der Waals surface area contributed by atoms with Crippen LogP contribution in [0.1, 0.15) is 51.8 Å². The predicted molar refractivity (Wildman–Crippen MR) is 115 cm³/mol. The van der Waals surface area contributed by atoms with Crippen LogP contribution in [0.4, 0.5) is 10.1 Å². The zero-order chi connectivity index (χ0) is 22.0. The van der Waals surface area contributed by atoms with E-state index in [0.29, 0.717) is 0 Å². The number of benzene rings is 2. The molecule has 0 aliphatic carbocycles. The Hall–Kier alpha value is -2.41. The minimum Gasteiger partial charge on any atom is -0.348 e. The maximum Gasteiger partial charge on any atom is 0.244 e. The highest BCUT2D eigenvalue weighted by Gasteiger charge is 2.31. The van der Waals surface area contributed by atoms with Crippen molar-refractivity contribution < 1.29 is 17.6 Å². The van der Waals surface area contributed by atoms with Gasteiger partial charge in [-0.05, 0) is 42.5 Å². The third-order valence-electron chi connectivity index (χ3n) is 4.81. The van der Waals surface area contributed by atoms with E-state index in [1.165, 1.54) is 30.7 Å². The lowest BCUT2D eigenvalue weighted by Gasteiger charge is -2.29. The molecule has 29 heavy (non-hydrogen) atoms. The molecule has 0 unspecified atom stereocenters. The van der Waals surface area contributed by atoms with Crippen molar-refractivity contribution in [2.45, 2.75) is 52.1 Å². The maximum atomic E-state index is 14.2. The molecule has 0 aromatic heterocycles. The second-order valence-electron chi connectivity index (χ2n) is 8.29. The molecule has 0 saturated heterocycles. The Labute approximate surface area is 173 Å². The Bertz CT molecular complexity index is 966. The molecule has 2 atom stereocenters. The van der Waals surface area contributed by atoms with Crippen LogP contribution in [0.3, 0.4) is 0 Å². The van der Waals surface area contributed by atoms with Crippen LogP contribution in [-0.2, 0) is 20.2 Å². The van der Waals surface area contributed by atoms with Gasteiger partial charge in [-0.25, -0.2) is 12.8 Å². The number of rotatable bonds is 6. The second kappa shape index (κ2) is 8.53. The summed E-state index contributed by atoms with van der Waals surface area (Å²) in [6.07, 6.45) is 0.956. The first-order chi connectivity index (χ1) is 13.3. The highest BCUT2D eigenvalue weighted by molar-refractivity contribution is 7.92. The number of carbonyl (C=O) groups excluding carboxylic acids is 1. The molecular weight excluding hydrogens is 391 g/mol. The number of hydrogen-bond donors (Lipinski definition) is 1. The lowest BCUT2D eigenvalue weighted by Crippen LogP contribution is -2.48. The van der Waals surface area contributed by atoms with Gasteiger partial charge in [-0.15, -0.1) is 0 Å². The van der Waals surface area contributed by atoms with E-state index in [1.54, 1.807) is 0 Å².